The van der Waals surface area contributed by atoms with Crippen LogP contribution in [0.1, 0.15) is 5.56 Å². The zero-order chi connectivity index (χ0) is 14.4. The maximum atomic E-state index is 6.00. The van der Waals surface area contributed by atoms with E-state index in [0.29, 0.717) is 17.2 Å². The number of nitrogen functional groups attached to an aromatic ring is 1. The molecule has 0 unspecified atom stereocenters. The van der Waals surface area contributed by atoms with Gasteiger partial charge in [0.05, 0.1) is 25.6 Å². The van der Waals surface area contributed by atoms with Gasteiger partial charge >= 0.3 is 0 Å². The average Bonchev–Trinajstić information content (AvgIpc) is 2.49. The van der Waals surface area contributed by atoms with Crippen LogP contribution in [0.2, 0.25) is 0 Å². The van der Waals surface area contributed by atoms with Crippen LogP contribution in [0.15, 0.2) is 42.5 Å². The fourth-order valence-corrected chi connectivity index (χ4v) is 2.03. The molecule has 0 aliphatic heterocycles. The van der Waals surface area contributed by atoms with Crippen LogP contribution in [0, 0.1) is 0 Å². The fourth-order valence-electron chi connectivity index (χ4n) is 2.03. The van der Waals surface area contributed by atoms with Gasteiger partial charge in [0.2, 0.25) is 0 Å². The number of anilines is 2. The number of methoxy groups -OCH3 is 2. The summed E-state index contributed by atoms with van der Waals surface area (Å²) in [6.07, 6.45) is 0.939. The second kappa shape index (κ2) is 6.70. The standard InChI is InChI=1S/C16H20N2O2/c1-19-15-10-13(17)14(11-16(15)20-2)18-9-8-12-6-4-3-5-7-12/h3-7,10-11,18H,8-9,17H2,1-2H3. The maximum Gasteiger partial charge on any atom is 0.162 e. The Balaban J connectivity index is 2.02. The molecule has 0 amide bonds. The maximum absolute atomic E-state index is 6.00. The first kappa shape index (κ1) is 14.1. The Morgan fingerprint density at radius 2 is 1.65 bits per heavy atom. The molecule has 0 spiro atoms. The van der Waals surface area contributed by atoms with E-state index in [1.165, 1.54) is 5.56 Å². The Morgan fingerprint density at radius 1 is 1.00 bits per heavy atom. The van der Waals surface area contributed by atoms with Crippen molar-refractivity contribution < 1.29 is 9.47 Å². The third-order valence-corrected chi connectivity index (χ3v) is 3.13. The summed E-state index contributed by atoms with van der Waals surface area (Å²) >= 11 is 0. The van der Waals surface area contributed by atoms with Crippen LogP contribution in [0.4, 0.5) is 11.4 Å². The largest absolute Gasteiger partial charge is 0.493 e. The Labute approximate surface area is 119 Å². The van der Waals surface area contributed by atoms with Gasteiger partial charge in [-0.15, -0.1) is 0 Å². The first-order valence-corrected chi connectivity index (χ1v) is 6.54. The second-order valence-corrected chi connectivity index (χ2v) is 4.46. The lowest BCUT2D eigenvalue weighted by molar-refractivity contribution is 0.355. The van der Waals surface area contributed by atoms with Gasteiger partial charge in [-0.2, -0.15) is 0 Å². The molecular weight excluding hydrogens is 252 g/mol. The minimum Gasteiger partial charge on any atom is -0.493 e. The van der Waals surface area contributed by atoms with E-state index in [4.69, 9.17) is 15.2 Å². The van der Waals surface area contributed by atoms with Gasteiger partial charge in [0.1, 0.15) is 0 Å². The quantitative estimate of drug-likeness (QED) is 0.794. The molecule has 4 heteroatoms. The van der Waals surface area contributed by atoms with E-state index in [9.17, 15) is 0 Å². The molecule has 3 N–H and O–H groups in total. The first-order valence-electron chi connectivity index (χ1n) is 6.54. The van der Waals surface area contributed by atoms with Crippen molar-refractivity contribution in [3.8, 4) is 11.5 Å². The van der Waals surface area contributed by atoms with Gasteiger partial charge in [0.25, 0.3) is 0 Å². The number of nitrogens with two attached hydrogens (primary N) is 1. The molecule has 0 saturated heterocycles. The molecule has 2 aromatic carbocycles. The van der Waals surface area contributed by atoms with Crippen molar-refractivity contribution in [1.82, 2.24) is 0 Å². The first-order chi connectivity index (χ1) is 9.74. The zero-order valence-electron chi connectivity index (χ0n) is 11.8. The van der Waals surface area contributed by atoms with Crippen molar-refractivity contribution in [2.75, 3.05) is 31.8 Å². The highest BCUT2D eigenvalue weighted by molar-refractivity contribution is 5.72. The highest BCUT2D eigenvalue weighted by atomic mass is 16.5. The minimum absolute atomic E-state index is 0.638. The third kappa shape index (κ3) is 3.35. The van der Waals surface area contributed by atoms with Crippen LogP contribution in [0.5, 0.6) is 11.5 Å². The van der Waals surface area contributed by atoms with E-state index >= 15 is 0 Å². The summed E-state index contributed by atoms with van der Waals surface area (Å²) in [4.78, 5) is 0. The van der Waals surface area contributed by atoms with Crippen molar-refractivity contribution in [2.24, 2.45) is 0 Å². The van der Waals surface area contributed by atoms with Gasteiger partial charge < -0.3 is 20.5 Å². The molecule has 20 heavy (non-hydrogen) atoms. The molecule has 0 saturated carbocycles. The van der Waals surface area contributed by atoms with Gasteiger partial charge in [0.15, 0.2) is 11.5 Å². The Kier molecular flexibility index (Phi) is 4.71. The van der Waals surface area contributed by atoms with E-state index in [1.807, 2.05) is 24.3 Å². The van der Waals surface area contributed by atoms with Crippen LogP contribution < -0.4 is 20.5 Å². The van der Waals surface area contributed by atoms with E-state index in [1.54, 1.807) is 20.3 Å². The molecule has 0 radical (unpaired) electrons. The van der Waals surface area contributed by atoms with Crippen molar-refractivity contribution in [1.29, 1.82) is 0 Å². The van der Waals surface area contributed by atoms with Gasteiger partial charge in [0, 0.05) is 18.7 Å². The Morgan fingerprint density at radius 3 is 2.30 bits per heavy atom. The summed E-state index contributed by atoms with van der Waals surface area (Å²) in [5, 5.41) is 3.33. The lowest BCUT2D eigenvalue weighted by atomic mass is 10.1. The molecule has 0 atom stereocenters. The van der Waals surface area contributed by atoms with E-state index in [2.05, 4.69) is 17.4 Å². The normalized spacial score (nSPS) is 10.1. The SMILES string of the molecule is COc1cc(N)c(NCCc2ccccc2)cc1OC. The molecule has 0 bridgehead atoms. The summed E-state index contributed by atoms with van der Waals surface area (Å²) in [5.41, 5.74) is 8.80. The molecule has 0 fully saturated rings. The number of hydrogen-bond acceptors (Lipinski definition) is 4. The summed E-state index contributed by atoms with van der Waals surface area (Å²) < 4.78 is 10.5. The predicted octanol–water partition coefficient (Wildman–Crippen LogP) is 2.94. The molecule has 2 rings (SSSR count). The highest BCUT2D eigenvalue weighted by Crippen LogP contribution is 2.34. The van der Waals surface area contributed by atoms with Crippen molar-refractivity contribution in [3.05, 3.63) is 48.0 Å². The summed E-state index contributed by atoms with van der Waals surface area (Å²) in [5.74, 6) is 1.31. The number of nitrogens with one attached hydrogen (secondary N) is 1. The van der Waals surface area contributed by atoms with E-state index in [-0.39, 0.29) is 0 Å². The fraction of sp³-hybridized carbons (Fsp3) is 0.250. The zero-order valence-corrected chi connectivity index (χ0v) is 11.8. The molecular formula is C16H20N2O2. The summed E-state index contributed by atoms with van der Waals surface area (Å²) in [6, 6.07) is 13.9. The summed E-state index contributed by atoms with van der Waals surface area (Å²) in [6.45, 7) is 0.809. The molecule has 4 nitrogen and oxygen atoms in total. The van der Waals surface area contributed by atoms with Crippen molar-refractivity contribution in [2.45, 2.75) is 6.42 Å². The van der Waals surface area contributed by atoms with E-state index < -0.39 is 0 Å². The Hall–Kier alpha value is -2.36. The predicted molar refractivity (Wildman–Crippen MR) is 82.6 cm³/mol. The second-order valence-electron chi connectivity index (χ2n) is 4.46. The van der Waals surface area contributed by atoms with Gasteiger partial charge in [-0.3, -0.25) is 0 Å². The van der Waals surface area contributed by atoms with Crippen LogP contribution >= 0.6 is 0 Å². The van der Waals surface area contributed by atoms with E-state index in [0.717, 1.165) is 18.7 Å². The number of benzene rings is 2. The van der Waals surface area contributed by atoms with Gasteiger partial charge in [-0.1, -0.05) is 30.3 Å². The lowest BCUT2D eigenvalue weighted by Gasteiger charge is -2.14. The molecule has 0 aliphatic rings. The number of hydrogen-bond donors (Lipinski definition) is 2. The minimum atomic E-state index is 0.638. The van der Waals surface area contributed by atoms with Crippen LogP contribution in [-0.2, 0) is 6.42 Å². The molecule has 0 aromatic heterocycles. The van der Waals surface area contributed by atoms with Crippen molar-refractivity contribution in [3.63, 3.8) is 0 Å². The van der Waals surface area contributed by atoms with Gasteiger partial charge in [-0.05, 0) is 12.0 Å². The molecule has 106 valence electrons. The lowest BCUT2D eigenvalue weighted by Crippen LogP contribution is -2.07. The van der Waals surface area contributed by atoms with Crippen molar-refractivity contribution >= 4 is 11.4 Å². The van der Waals surface area contributed by atoms with Crippen LogP contribution in [0.25, 0.3) is 0 Å². The summed E-state index contributed by atoms with van der Waals surface area (Å²) in [7, 11) is 3.21. The molecule has 0 aliphatic carbocycles. The Bertz CT molecular complexity index is 556. The highest BCUT2D eigenvalue weighted by Gasteiger charge is 2.08. The number of rotatable bonds is 6. The van der Waals surface area contributed by atoms with Gasteiger partial charge in [-0.25, -0.2) is 0 Å². The topological polar surface area (TPSA) is 56.5 Å². The monoisotopic (exact) mass is 272 g/mol. The third-order valence-electron chi connectivity index (χ3n) is 3.13. The molecule has 2 aromatic rings. The van der Waals surface area contributed by atoms with Crippen LogP contribution in [0.3, 0.4) is 0 Å². The molecule has 0 heterocycles. The average molecular weight is 272 g/mol. The smallest absolute Gasteiger partial charge is 0.162 e. The van der Waals surface area contributed by atoms with Crippen LogP contribution in [-0.4, -0.2) is 20.8 Å². The number of ether oxygens (including phenoxy) is 2.